The summed E-state index contributed by atoms with van der Waals surface area (Å²) in [7, 11) is -3.65. The van der Waals surface area contributed by atoms with Gasteiger partial charge in [-0.05, 0) is 81.7 Å². The molecule has 0 amide bonds. The molecule has 1 fully saturated rings. The number of carbonyl (C=O) groups is 1. The topological polar surface area (TPSA) is 125 Å². The second-order valence-electron chi connectivity index (χ2n) is 10.1. The Morgan fingerprint density at radius 2 is 1.51 bits per heavy atom. The fourth-order valence-corrected chi connectivity index (χ4v) is 6.61. The first kappa shape index (κ1) is 34.6. The van der Waals surface area contributed by atoms with E-state index < -0.39 is 22.2 Å². The molecule has 1 aromatic heterocycles. The van der Waals surface area contributed by atoms with Crippen molar-refractivity contribution in [1.29, 1.82) is 0 Å². The van der Waals surface area contributed by atoms with Crippen LogP contribution in [0.5, 0.6) is 0 Å². The number of hydrogen-bond acceptors (Lipinski definition) is 7. The molecule has 0 aliphatic heterocycles. The number of rotatable bonds is 10. The number of aromatic nitrogens is 2. The van der Waals surface area contributed by atoms with Gasteiger partial charge in [0.15, 0.2) is 0 Å². The average Bonchev–Trinajstić information content (AvgIpc) is 2.95. The van der Waals surface area contributed by atoms with Crippen molar-refractivity contribution in [3.63, 3.8) is 0 Å². The SMILES string of the molecule is CCN(CC)c1nc(NCC2CCC(CNS(=O)(=O)c3cc(Cl)cc(Cl)c3)CC2)nc2ccccc12.O=C(O)C(F)(F)F. The zero-order valence-electron chi connectivity index (χ0n) is 23.7. The summed E-state index contributed by atoms with van der Waals surface area (Å²) in [6.07, 6.45) is -1.10. The van der Waals surface area contributed by atoms with Crippen LogP contribution in [0.4, 0.5) is 24.9 Å². The third-order valence-electron chi connectivity index (χ3n) is 7.11. The summed E-state index contributed by atoms with van der Waals surface area (Å²) in [5, 5.41) is 12.3. The molecule has 2 aromatic carbocycles. The number of benzene rings is 2. The summed E-state index contributed by atoms with van der Waals surface area (Å²) >= 11 is 11.9. The minimum absolute atomic E-state index is 0.0948. The van der Waals surface area contributed by atoms with Gasteiger partial charge in [0.05, 0.1) is 10.4 Å². The van der Waals surface area contributed by atoms with Crippen LogP contribution in [0.1, 0.15) is 39.5 Å². The second-order valence-corrected chi connectivity index (χ2v) is 12.7. The van der Waals surface area contributed by atoms with E-state index in [1.54, 1.807) is 0 Å². The van der Waals surface area contributed by atoms with Crippen LogP contribution in [-0.4, -0.2) is 61.8 Å². The number of anilines is 2. The summed E-state index contributed by atoms with van der Waals surface area (Å²) in [6, 6.07) is 12.5. The molecular formula is C28H34Cl2F3N5O4S. The molecule has 15 heteroatoms. The molecule has 1 saturated carbocycles. The van der Waals surface area contributed by atoms with E-state index in [9.17, 15) is 21.6 Å². The average molecular weight is 665 g/mol. The molecule has 9 nitrogen and oxygen atoms in total. The maximum absolute atomic E-state index is 12.7. The molecule has 0 atom stereocenters. The zero-order valence-corrected chi connectivity index (χ0v) is 26.0. The quantitative estimate of drug-likeness (QED) is 0.221. The second kappa shape index (κ2) is 15.2. The van der Waals surface area contributed by atoms with E-state index in [0.717, 1.165) is 62.0 Å². The number of carboxylic acid groups (broad SMARTS) is 1. The fraction of sp³-hybridized carbons (Fsp3) is 0.464. The third kappa shape index (κ3) is 10.1. The normalized spacial score (nSPS) is 17.2. The molecule has 0 bridgehead atoms. The smallest absolute Gasteiger partial charge is 0.475 e. The van der Waals surface area contributed by atoms with Gasteiger partial charge in [-0.15, -0.1) is 0 Å². The van der Waals surface area contributed by atoms with Crippen molar-refractivity contribution in [2.75, 3.05) is 36.4 Å². The molecule has 1 aliphatic rings. The number of para-hydroxylation sites is 1. The van der Waals surface area contributed by atoms with E-state index in [1.807, 2.05) is 18.2 Å². The Bertz CT molecular complexity index is 1480. The minimum atomic E-state index is -5.08. The van der Waals surface area contributed by atoms with Crippen LogP contribution < -0.4 is 14.9 Å². The molecule has 236 valence electrons. The van der Waals surface area contributed by atoms with Crippen molar-refractivity contribution >= 4 is 61.9 Å². The predicted molar refractivity (Wildman–Crippen MR) is 162 cm³/mol. The Kier molecular flexibility index (Phi) is 12.3. The molecule has 0 radical (unpaired) electrons. The van der Waals surface area contributed by atoms with Crippen molar-refractivity contribution in [2.24, 2.45) is 11.8 Å². The maximum atomic E-state index is 12.7. The van der Waals surface area contributed by atoms with Crippen molar-refractivity contribution < 1.29 is 31.5 Å². The Hall–Kier alpha value is -2.87. The van der Waals surface area contributed by atoms with Gasteiger partial charge < -0.3 is 15.3 Å². The predicted octanol–water partition coefficient (Wildman–Crippen LogP) is 6.61. The lowest BCUT2D eigenvalue weighted by atomic mass is 9.82. The number of aliphatic carboxylic acids is 1. The van der Waals surface area contributed by atoms with E-state index in [0.29, 0.717) is 34.4 Å². The van der Waals surface area contributed by atoms with Crippen molar-refractivity contribution in [3.8, 4) is 0 Å². The molecule has 4 rings (SSSR count). The Morgan fingerprint density at radius 3 is 2.05 bits per heavy atom. The van der Waals surface area contributed by atoms with E-state index in [1.165, 1.54) is 18.2 Å². The number of fused-ring (bicyclic) bond motifs is 1. The Morgan fingerprint density at radius 1 is 0.977 bits per heavy atom. The van der Waals surface area contributed by atoms with Gasteiger partial charge in [0.1, 0.15) is 5.82 Å². The lowest BCUT2D eigenvalue weighted by Crippen LogP contribution is -2.32. The van der Waals surface area contributed by atoms with E-state index in [-0.39, 0.29) is 4.90 Å². The van der Waals surface area contributed by atoms with Gasteiger partial charge in [-0.25, -0.2) is 22.9 Å². The molecule has 0 saturated heterocycles. The van der Waals surface area contributed by atoms with Gasteiger partial charge in [0, 0.05) is 41.6 Å². The van der Waals surface area contributed by atoms with Gasteiger partial charge in [-0.2, -0.15) is 18.2 Å². The summed E-state index contributed by atoms with van der Waals surface area (Å²) in [6.45, 7) is 7.25. The summed E-state index contributed by atoms with van der Waals surface area (Å²) in [5.74, 6) is -0.336. The van der Waals surface area contributed by atoms with Crippen LogP contribution in [-0.2, 0) is 14.8 Å². The number of nitrogens with zero attached hydrogens (tertiary/aromatic N) is 3. The van der Waals surface area contributed by atoms with Crippen molar-refractivity contribution in [3.05, 3.63) is 52.5 Å². The first-order valence-corrected chi connectivity index (χ1v) is 16.0. The third-order valence-corrected chi connectivity index (χ3v) is 8.95. The number of nitrogens with one attached hydrogen (secondary N) is 2. The Labute approximate surface area is 258 Å². The number of halogens is 5. The lowest BCUT2D eigenvalue weighted by Gasteiger charge is -2.29. The summed E-state index contributed by atoms with van der Waals surface area (Å²) in [5.41, 5.74) is 0.939. The van der Waals surface area contributed by atoms with Gasteiger partial charge >= 0.3 is 12.1 Å². The molecule has 3 N–H and O–H groups in total. The molecule has 0 unspecified atom stereocenters. The molecule has 0 spiro atoms. The lowest BCUT2D eigenvalue weighted by molar-refractivity contribution is -0.192. The van der Waals surface area contributed by atoms with Gasteiger partial charge in [0.25, 0.3) is 0 Å². The highest BCUT2D eigenvalue weighted by atomic mass is 35.5. The van der Waals surface area contributed by atoms with Gasteiger partial charge in [-0.1, -0.05) is 35.3 Å². The van der Waals surface area contributed by atoms with Crippen molar-refractivity contribution in [1.82, 2.24) is 14.7 Å². The van der Waals surface area contributed by atoms with E-state index in [2.05, 4.69) is 34.9 Å². The first-order chi connectivity index (χ1) is 20.2. The van der Waals surface area contributed by atoms with E-state index >= 15 is 0 Å². The summed E-state index contributed by atoms with van der Waals surface area (Å²) in [4.78, 5) is 20.8. The molecule has 43 heavy (non-hydrogen) atoms. The molecular weight excluding hydrogens is 630 g/mol. The highest BCUT2D eigenvalue weighted by Crippen LogP contribution is 2.30. The van der Waals surface area contributed by atoms with Crippen LogP contribution >= 0.6 is 23.2 Å². The van der Waals surface area contributed by atoms with E-state index in [4.69, 9.17) is 43.1 Å². The highest BCUT2D eigenvalue weighted by Gasteiger charge is 2.38. The van der Waals surface area contributed by atoms with Crippen LogP contribution in [0, 0.1) is 11.8 Å². The molecule has 1 heterocycles. The van der Waals surface area contributed by atoms with Gasteiger partial charge in [-0.3, -0.25) is 0 Å². The fourth-order valence-electron chi connectivity index (χ4n) is 4.77. The number of alkyl halides is 3. The van der Waals surface area contributed by atoms with Crippen LogP contribution in [0.2, 0.25) is 10.0 Å². The van der Waals surface area contributed by atoms with Crippen LogP contribution in [0.25, 0.3) is 10.9 Å². The largest absolute Gasteiger partial charge is 0.490 e. The van der Waals surface area contributed by atoms with Crippen LogP contribution in [0.15, 0.2) is 47.4 Å². The minimum Gasteiger partial charge on any atom is -0.475 e. The number of sulfonamides is 1. The zero-order chi connectivity index (χ0) is 31.8. The monoisotopic (exact) mass is 663 g/mol. The standard InChI is InChI=1S/C26H33Cl2N5O2S.C2HF3O2/c1-3-33(4-2)25-23-7-5-6-8-24(23)31-26(32-25)29-16-18-9-11-19(12-10-18)17-30-36(34,35)22-14-20(27)13-21(28)15-22;3-2(4,5)1(6)7/h5-8,13-15,18-19,30H,3-4,9-12,16-17H2,1-2H3,(H,29,31,32);(H,6,7). The van der Waals surface area contributed by atoms with Crippen molar-refractivity contribution in [2.45, 2.75) is 50.6 Å². The molecule has 3 aromatic rings. The number of carboxylic acids is 1. The first-order valence-electron chi connectivity index (χ1n) is 13.7. The molecule has 1 aliphatic carbocycles. The number of hydrogen-bond donors (Lipinski definition) is 3. The van der Waals surface area contributed by atoms with Gasteiger partial charge in [0.2, 0.25) is 16.0 Å². The maximum Gasteiger partial charge on any atom is 0.490 e. The highest BCUT2D eigenvalue weighted by molar-refractivity contribution is 7.89. The van der Waals surface area contributed by atoms with Crippen LogP contribution in [0.3, 0.4) is 0 Å². The Balaban J connectivity index is 0.000000646. The summed E-state index contributed by atoms with van der Waals surface area (Å²) < 4.78 is 59.8.